The van der Waals surface area contributed by atoms with Gasteiger partial charge in [0.15, 0.2) is 0 Å². The van der Waals surface area contributed by atoms with Crippen LogP contribution >= 0.6 is 11.8 Å². The van der Waals surface area contributed by atoms with Crippen LogP contribution in [0.15, 0.2) is 12.7 Å². The van der Waals surface area contributed by atoms with E-state index in [9.17, 15) is 5.11 Å². The van der Waals surface area contributed by atoms with Gasteiger partial charge in [0.1, 0.15) is 12.7 Å². The van der Waals surface area contributed by atoms with E-state index >= 15 is 0 Å². The number of hydrogen-bond acceptors (Lipinski definition) is 6. The average molecular weight is 275 g/mol. The van der Waals surface area contributed by atoms with Crippen LogP contribution < -0.4 is 0 Å². The van der Waals surface area contributed by atoms with Crippen molar-refractivity contribution >= 4 is 28.1 Å². The predicted molar refractivity (Wildman–Crippen MR) is 68.5 cm³/mol. The van der Waals surface area contributed by atoms with E-state index < -0.39 is 4.46 Å². The topological polar surface area (TPSA) is 91.4 Å². The molecule has 0 fully saturated rings. The first-order chi connectivity index (χ1) is 7.99. The highest BCUT2D eigenvalue weighted by Crippen LogP contribution is 2.26. The molecule has 96 valence electrons. The van der Waals surface area contributed by atoms with E-state index in [2.05, 4.69) is 10.1 Å². The zero-order chi connectivity index (χ0) is 12.9. The van der Waals surface area contributed by atoms with Crippen molar-refractivity contribution in [3.05, 3.63) is 12.7 Å². The summed E-state index contributed by atoms with van der Waals surface area (Å²) in [5.74, 6) is 0. The number of thioether (sulfide) groups is 1. The molecule has 0 bridgehead atoms. The molecule has 6 nitrogen and oxygen atoms in total. The molecule has 0 saturated heterocycles. The van der Waals surface area contributed by atoms with E-state index in [4.69, 9.17) is 10.2 Å². The first kappa shape index (κ1) is 15.0. The summed E-state index contributed by atoms with van der Waals surface area (Å²) >= 11 is 1.97. The molecule has 0 unspecified atom stereocenters. The summed E-state index contributed by atoms with van der Waals surface area (Å²) in [4.78, 5) is 3.83. The van der Waals surface area contributed by atoms with E-state index in [1.807, 2.05) is 6.92 Å². The van der Waals surface area contributed by atoms with E-state index in [1.54, 1.807) is 11.0 Å². The molecule has 2 atom stereocenters. The third-order valence-electron chi connectivity index (χ3n) is 2.63. The lowest BCUT2D eigenvalue weighted by molar-refractivity contribution is 0.104. The van der Waals surface area contributed by atoms with E-state index in [0.29, 0.717) is 22.8 Å². The fourth-order valence-electron chi connectivity index (χ4n) is 1.35. The molecule has 3 N–H and O–H groups in total. The third-order valence-corrected chi connectivity index (χ3v) is 5.83. The molecule has 0 amide bonds. The van der Waals surface area contributed by atoms with Gasteiger partial charge in [-0.05, 0) is 0 Å². The summed E-state index contributed by atoms with van der Waals surface area (Å²) in [6.07, 6.45) is 3.00. The SMILES string of the molecule is C[C@@H](SC(CO)CO)[C@@](O)([AlH2])Cn1cncn1. The highest BCUT2D eigenvalue weighted by Gasteiger charge is 2.31. The summed E-state index contributed by atoms with van der Waals surface area (Å²) < 4.78 is 0.748. The molecule has 0 aliphatic rings. The van der Waals surface area contributed by atoms with Crippen molar-refractivity contribution < 1.29 is 15.3 Å². The fraction of sp³-hybridized carbons (Fsp3) is 0.778. The minimum absolute atomic E-state index is 0.0809. The normalized spacial score (nSPS) is 17.0. The molecule has 0 radical (unpaired) electrons. The molecule has 1 aromatic rings. The van der Waals surface area contributed by atoms with Crippen LogP contribution in [0.5, 0.6) is 0 Å². The maximum absolute atomic E-state index is 10.4. The second-order valence-corrected chi connectivity index (χ2v) is 7.59. The Morgan fingerprint density at radius 1 is 1.47 bits per heavy atom. The van der Waals surface area contributed by atoms with Gasteiger partial charge in [0, 0.05) is 9.71 Å². The minimum atomic E-state index is -0.846. The van der Waals surface area contributed by atoms with Crippen molar-refractivity contribution in [2.75, 3.05) is 13.2 Å². The summed E-state index contributed by atoms with van der Waals surface area (Å²) in [7, 11) is 0. The molecule has 17 heavy (non-hydrogen) atoms. The number of nitrogens with zero attached hydrogens (tertiary/aromatic N) is 3. The van der Waals surface area contributed by atoms with E-state index in [-0.39, 0.29) is 23.7 Å². The Morgan fingerprint density at radius 2 is 2.12 bits per heavy atom. The van der Waals surface area contributed by atoms with Gasteiger partial charge in [0.25, 0.3) is 16.3 Å². The zero-order valence-electron chi connectivity index (χ0n) is 10.0. The number of rotatable bonds is 7. The highest BCUT2D eigenvalue weighted by atomic mass is 32.2. The van der Waals surface area contributed by atoms with Crippen LogP contribution in [0.3, 0.4) is 0 Å². The number of aromatic nitrogens is 3. The van der Waals surface area contributed by atoms with Gasteiger partial charge in [-0.25, -0.2) is 4.98 Å². The van der Waals surface area contributed by atoms with Crippen LogP contribution in [0.1, 0.15) is 6.92 Å². The van der Waals surface area contributed by atoms with Gasteiger partial charge in [0.05, 0.1) is 25.0 Å². The molecule has 0 aromatic carbocycles. The Bertz CT molecular complexity index is 319. The number of hydrogen-bond donors (Lipinski definition) is 3. The molecule has 1 aromatic heterocycles. The Morgan fingerprint density at radius 3 is 2.59 bits per heavy atom. The first-order valence-electron chi connectivity index (χ1n) is 5.41. The van der Waals surface area contributed by atoms with Crippen molar-refractivity contribution in [3.63, 3.8) is 0 Å². The van der Waals surface area contributed by atoms with Crippen molar-refractivity contribution in [2.45, 2.75) is 28.4 Å². The van der Waals surface area contributed by atoms with E-state index in [0.717, 1.165) is 0 Å². The lowest BCUT2D eigenvalue weighted by Gasteiger charge is -2.32. The minimum Gasteiger partial charge on any atom is -0.403 e. The molecular weight excluding hydrogens is 257 g/mol. The van der Waals surface area contributed by atoms with Crippen molar-refractivity contribution in [2.24, 2.45) is 0 Å². The van der Waals surface area contributed by atoms with Gasteiger partial charge in [-0.3, -0.25) is 4.68 Å². The lowest BCUT2D eigenvalue weighted by Crippen LogP contribution is -2.44. The van der Waals surface area contributed by atoms with E-state index in [1.165, 1.54) is 18.1 Å². The number of aliphatic hydroxyl groups excluding tert-OH is 2. The molecule has 1 heterocycles. The average Bonchev–Trinajstić information content (AvgIpc) is 2.77. The molecule has 0 aliphatic heterocycles. The maximum Gasteiger partial charge on any atom is 0.268 e. The maximum atomic E-state index is 10.4. The molecule has 0 spiro atoms. The smallest absolute Gasteiger partial charge is 0.268 e. The van der Waals surface area contributed by atoms with Crippen molar-refractivity contribution in [1.29, 1.82) is 0 Å². The van der Waals surface area contributed by atoms with Crippen LogP contribution in [-0.2, 0) is 6.54 Å². The quantitative estimate of drug-likeness (QED) is 0.502. The second kappa shape index (κ2) is 6.73. The van der Waals surface area contributed by atoms with Gasteiger partial charge in [0.2, 0.25) is 0 Å². The Hall–Kier alpha value is -0.0975. The van der Waals surface area contributed by atoms with Crippen LogP contribution in [0.2, 0.25) is 0 Å². The van der Waals surface area contributed by atoms with Gasteiger partial charge in [-0.1, -0.05) is 6.92 Å². The van der Waals surface area contributed by atoms with Gasteiger partial charge < -0.3 is 15.3 Å². The summed E-state index contributed by atoms with van der Waals surface area (Å²) in [5, 5.41) is 32.1. The highest BCUT2D eigenvalue weighted by molar-refractivity contribution is 8.00. The van der Waals surface area contributed by atoms with Gasteiger partial charge >= 0.3 is 0 Å². The third kappa shape index (κ3) is 4.58. The Balaban J connectivity index is 2.56. The Labute approximate surface area is 112 Å². The van der Waals surface area contributed by atoms with Crippen molar-refractivity contribution in [1.82, 2.24) is 14.8 Å². The molecule has 1 rings (SSSR count). The van der Waals surface area contributed by atoms with Crippen LogP contribution in [0, 0.1) is 0 Å². The zero-order valence-corrected chi connectivity index (χ0v) is 12.8. The van der Waals surface area contributed by atoms with Crippen molar-refractivity contribution in [3.8, 4) is 0 Å². The van der Waals surface area contributed by atoms with Gasteiger partial charge in [-0.2, -0.15) is 5.10 Å². The second-order valence-electron chi connectivity index (χ2n) is 4.22. The first-order valence-corrected chi connectivity index (χ1v) is 7.36. The summed E-state index contributed by atoms with van der Waals surface area (Å²) in [6.45, 7) is 2.10. The molecule has 0 aliphatic carbocycles. The summed E-state index contributed by atoms with van der Waals surface area (Å²) in [6, 6.07) is 0. The fourth-order valence-corrected chi connectivity index (χ4v) is 3.20. The van der Waals surface area contributed by atoms with Crippen LogP contribution in [0.4, 0.5) is 0 Å². The molecular formula is C9H18AlN3O3S. The largest absolute Gasteiger partial charge is 0.403 e. The molecule has 0 saturated carbocycles. The predicted octanol–water partition coefficient (Wildman–Crippen LogP) is -1.93. The number of aliphatic hydroxyl groups is 3. The Kier molecular flexibility index (Phi) is 5.93. The standard InChI is InChI=1S/C9H16N3O3S.Al.2H/c1-7(16-8(3-13)4-14)9(15)2-12-6-10-5-11-12;;;/h5-8,13-15H,2-4H2,1H3;;;/t7-;;;/m1.../s1. The van der Waals surface area contributed by atoms with Crippen LogP contribution in [0.25, 0.3) is 0 Å². The van der Waals surface area contributed by atoms with Crippen LogP contribution in [-0.4, -0.2) is 74.6 Å². The van der Waals surface area contributed by atoms with Gasteiger partial charge in [-0.15, -0.1) is 11.8 Å². The molecule has 8 heteroatoms. The lowest BCUT2D eigenvalue weighted by atomic mass is 10.2. The summed E-state index contributed by atoms with van der Waals surface area (Å²) in [5.41, 5.74) is 0. The monoisotopic (exact) mass is 275 g/mol.